The molecule has 2 aromatic carbocycles. The van der Waals surface area contributed by atoms with E-state index < -0.39 is 0 Å². The molecule has 5 rings (SSSR count). The number of pyridine rings is 1. The summed E-state index contributed by atoms with van der Waals surface area (Å²) in [5, 5.41) is 12.6. The van der Waals surface area contributed by atoms with E-state index in [2.05, 4.69) is 69.9 Å². The standard InChI is InChI=1S/C24H24N4/c1-15-6-8-20-17(12-15)4-3-5-22(20)26-19-7-9-23-21(14-19)24(28-27-23)18-10-11-25-16(2)13-18/h6-14,22,26H,3-5H2,1-2H3,(H,27,28). The van der Waals surface area contributed by atoms with Crippen LogP contribution in [0.25, 0.3) is 22.2 Å². The minimum atomic E-state index is 0.361. The van der Waals surface area contributed by atoms with E-state index in [0.29, 0.717) is 6.04 Å². The molecule has 0 saturated heterocycles. The molecule has 4 aromatic rings. The molecule has 4 heteroatoms. The number of aromatic nitrogens is 3. The lowest BCUT2D eigenvalue weighted by Crippen LogP contribution is -2.17. The zero-order valence-corrected chi connectivity index (χ0v) is 16.3. The van der Waals surface area contributed by atoms with Crippen LogP contribution in [0.3, 0.4) is 0 Å². The zero-order chi connectivity index (χ0) is 19.1. The Hall–Kier alpha value is -3.14. The lowest BCUT2D eigenvalue weighted by atomic mass is 9.86. The highest BCUT2D eigenvalue weighted by molar-refractivity contribution is 5.94. The number of hydrogen-bond donors (Lipinski definition) is 2. The van der Waals surface area contributed by atoms with E-state index in [0.717, 1.165) is 40.0 Å². The predicted octanol–water partition coefficient (Wildman–Crippen LogP) is 5.73. The van der Waals surface area contributed by atoms with Crippen molar-refractivity contribution >= 4 is 16.6 Å². The first-order chi connectivity index (χ1) is 13.7. The number of benzene rings is 2. The predicted molar refractivity (Wildman–Crippen MR) is 115 cm³/mol. The van der Waals surface area contributed by atoms with Crippen LogP contribution in [0, 0.1) is 13.8 Å². The highest BCUT2D eigenvalue weighted by Gasteiger charge is 2.20. The summed E-state index contributed by atoms with van der Waals surface area (Å²) in [5.41, 5.74) is 9.52. The molecule has 1 aliphatic rings. The second kappa shape index (κ2) is 6.79. The second-order valence-electron chi connectivity index (χ2n) is 7.81. The average Bonchev–Trinajstić information content (AvgIpc) is 3.11. The van der Waals surface area contributed by atoms with Crippen molar-refractivity contribution in [3.8, 4) is 11.3 Å². The summed E-state index contributed by atoms with van der Waals surface area (Å²) < 4.78 is 0. The zero-order valence-electron chi connectivity index (χ0n) is 16.3. The fourth-order valence-electron chi connectivity index (χ4n) is 4.31. The Morgan fingerprint density at radius 2 is 1.96 bits per heavy atom. The van der Waals surface area contributed by atoms with Crippen molar-refractivity contribution in [2.24, 2.45) is 0 Å². The van der Waals surface area contributed by atoms with E-state index >= 15 is 0 Å². The normalized spacial score (nSPS) is 16.1. The lowest BCUT2D eigenvalue weighted by Gasteiger charge is -2.27. The van der Waals surface area contributed by atoms with Gasteiger partial charge in [-0.15, -0.1) is 0 Å². The summed E-state index contributed by atoms with van der Waals surface area (Å²) in [7, 11) is 0. The van der Waals surface area contributed by atoms with Crippen molar-refractivity contribution in [3.05, 3.63) is 77.1 Å². The van der Waals surface area contributed by atoms with Crippen LogP contribution < -0.4 is 5.32 Å². The van der Waals surface area contributed by atoms with Crippen LogP contribution in [0.1, 0.15) is 41.3 Å². The molecule has 28 heavy (non-hydrogen) atoms. The lowest BCUT2D eigenvalue weighted by molar-refractivity contribution is 0.600. The summed E-state index contributed by atoms with van der Waals surface area (Å²) >= 11 is 0. The van der Waals surface area contributed by atoms with Gasteiger partial charge in [0, 0.05) is 28.5 Å². The maximum absolute atomic E-state index is 4.56. The van der Waals surface area contributed by atoms with E-state index in [9.17, 15) is 0 Å². The first-order valence-corrected chi connectivity index (χ1v) is 9.94. The molecular formula is C24H24N4. The van der Waals surface area contributed by atoms with Crippen molar-refractivity contribution in [1.82, 2.24) is 15.2 Å². The Balaban J connectivity index is 1.50. The summed E-state index contributed by atoms with van der Waals surface area (Å²) in [6.45, 7) is 4.18. The van der Waals surface area contributed by atoms with Gasteiger partial charge in [0.05, 0.1) is 11.6 Å². The van der Waals surface area contributed by atoms with Gasteiger partial charge in [0.2, 0.25) is 0 Å². The molecule has 0 saturated carbocycles. The number of aryl methyl sites for hydroxylation is 3. The molecular weight excluding hydrogens is 344 g/mol. The number of nitrogens with one attached hydrogen (secondary N) is 2. The SMILES string of the molecule is Cc1ccc2c(c1)CCCC2Nc1ccc2[nH]nc(-c3ccnc(C)c3)c2c1. The van der Waals surface area contributed by atoms with E-state index in [1.54, 1.807) is 0 Å². The molecule has 1 unspecified atom stereocenters. The number of hydrogen-bond acceptors (Lipinski definition) is 3. The van der Waals surface area contributed by atoms with Gasteiger partial charge < -0.3 is 5.32 Å². The van der Waals surface area contributed by atoms with Crippen molar-refractivity contribution in [3.63, 3.8) is 0 Å². The Bertz CT molecular complexity index is 1160. The first-order valence-electron chi connectivity index (χ1n) is 9.94. The van der Waals surface area contributed by atoms with Crippen molar-refractivity contribution in [2.75, 3.05) is 5.32 Å². The van der Waals surface area contributed by atoms with Crippen molar-refractivity contribution in [1.29, 1.82) is 0 Å². The molecule has 1 atom stereocenters. The minimum absolute atomic E-state index is 0.361. The summed E-state index contributed by atoms with van der Waals surface area (Å²) in [6.07, 6.45) is 5.41. The molecule has 2 N–H and O–H groups in total. The number of anilines is 1. The van der Waals surface area contributed by atoms with Gasteiger partial charge in [0.25, 0.3) is 0 Å². The van der Waals surface area contributed by atoms with Crippen LogP contribution in [0.2, 0.25) is 0 Å². The van der Waals surface area contributed by atoms with Crippen LogP contribution in [0.15, 0.2) is 54.7 Å². The van der Waals surface area contributed by atoms with Crippen LogP contribution in [0.4, 0.5) is 5.69 Å². The Morgan fingerprint density at radius 1 is 1.04 bits per heavy atom. The third kappa shape index (κ3) is 3.05. The minimum Gasteiger partial charge on any atom is -0.378 e. The van der Waals surface area contributed by atoms with Crippen molar-refractivity contribution < 1.29 is 0 Å². The van der Waals surface area contributed by atoms with E-state index in [-0.39, 0.29) is 0 Å². The number of rotatable bonds is 3. The quantitative estimate of drug-likeness (QED) is 0.485. The first kappa shape index (κ1) is 17.0. The van der Waals surface area contributed by atoms with Crippen LogP contribution in [0.5, 0.6) is 0 Å². The van der Waals surface area contributed by atoms with E-state index in [1.807, 2.05) is 19.2 Å². The van der Waals surface area contributed by atoms with Crippen LogP contribution in [-0.4, -0.2) is 15.2 Å². The Labute approximate surface area is 165 Å². The maximum Gasteiger partial charge on any atom is 0.100 e. The highest BCUT2D eigenvalue weighted by atomic mass is 15.1. The molecule has 0 radical (unpaired) electrons. The fourth-order valence-corrected chi connectivity index (χ4v) is 4.31. The largest absolute Gasteiger partial charge is 0.378 e. The number of fused-ring (bicyclic) bond motifs is 2. The molecule has 0 spiro atoms. The van der Waals surface area contributed by atoms with Crippen molar-refractivity contribution in [2.45, 2.75) is 39.2 Å². The number of H-pyrrole nitrogens is 1. The Kier molecular flexibility index (Phi) is 4.12. The topological polar surface area (TPSA) is 53.6 Å². The third-order valence-electron chi connectivity index (χ3n) is 5.69. The average molecular weight is 368 g/mol. The van der Waals surface area contributed by atoms with Gasteiger partial charge in [0.1, 0.15) is 5.69 Å². The molecule has 2 heterocycles. The Morgan fingerprint density at radius 3 is 2.86 bits per heavy atom. The highest BCUT2D eigenvalue weighted by Crippen LogP contribution is 2.35. The molecule has 4 nitrogen and oxygen atoms in total. The number of nitrogens with zero attached hydrogens (tertiary/aromatic N) is 2. The van der Waals surface area contributed by atoms with Gasteiger partial charge in [-0.05, 0) is 74.6 Å². The van der Waals surface area contributed by atoms with Gasteiger partial charge in [0.15, 0.2) is 0 Å². The summed E-state index contributed by atoms with van der Waals surface area (Å²) in [6, 6.07) is 17.8. The second-order valence-corrected chi connectivity index (χ2v) is 7.81. The molecule has 0 aliphatic heterocycles. The molecule has 0 fully saturated rings. The van der Waals surface area contributed by atoms with Gasteiger partial charge in [-0.3, -0.25) is 10.1 Å². The van der Waals surface area contributed by atoms with Gasteiger partial charge in [-0.1, -0.05) is 23.8 Å². The monoisotopic (exact) mass is 368 g/mol. The third-order valence-corrected chi connectivity index (χ3v) is 5.69. The fraction of sp³-hybridized carbons (Fsp3) is 0.250. The molecule has 1 aliphatic carbocycles. The smallest absolute Gasteiger partial charge is 0.100 e. The summed E-state index contributed by atoms with van der Waals surface area (Å²) in [4.78, 5) is 4.30. The van der Waals surface area contributed by atoms with Gasteiger partial charge in [-0.2, -0.15) is 5.10 Å². The van der Waals surface area contributed by atoms with Crippen LogP contribution in [-0.2, 0) is 6.42 Å². The molecule has 2 aromatic heterocycles. The van der Waals surface area contributed by atoms with Crippen LogP contribution >= 0.6 is 0 Å². The van der Waals surface area contributed by atoms with E-state index in [1.165, 1.54) is 29.5 Å². The molecule has 0 amide bonds. The van der Waals surface area contributed by atoms with E-state index in [4.69, 9.17) is 0 Å². The maximum atomic E-state index is 4.56. The number of aromatic amines is 1. The van der Waals surface area contributed by atoms with Gasteiger partial charge in [-0.25, -0.2) is 0 Å². The summed E-state index contributed by atoms with van der Waals surface area (Å²) in [5.74, 6) is 0. The molecule has 0 bridgehead atoms. The van der Waals surface area contributed by atoms with Gasteiger partial charge >= 0.3 is 0 Å². The molecule has 140 valence electrons.